The van der Waals surface area contributed by atoms with Crippen molar-refractivity contribution in [3.05, 3.63) is 47.4 Å². The molecule has 2 aromatic heterocycles. The molecule has 0 saturated carbocycles. The molecule has 0 amide bonds. The van der Waals surface area contributed by atoms with Crippen molar-refractivity contribution in [3.8, 4) is 27.4 Å². The lowest BCUT2D eigenvalue weighted by Gasteiger charge is -2.13. The molecule has 1 N–H and O–H groups in total. The van der Waals surface area contributed by atoms with Gasteiger partial charge in [-0.05, 0) is 37.1 Å². The van der Waals surface area contributed by atoms with Crippen molar-refractivity contribution in [1.82, 2.24) is 4.98 Å². The molecule has 5 nitrogen and oxygen atoms in total. The van der Waals surface area contributed by atoms with Gasteiger partial charge in [0.25, 0.3) is 0 Å². The lowest BCUT2D eigenvalue weighted by atomic mass is 10.0. The van der Waals surface area contributed by atoms with Gasteiger partial charge in [-0.15, -0.1) is 11.3 Å². The summed E-state index contributed by atoms with van der Waals surface area (Å²) in [5.41, 5.74) is 3.19. The predicted octanol–water partition coefficient (Wildman–Crippen LogP) is 5.11. The van der Waals surface area contributed by atoms with E-state index in [9.17, 15) is 9.90 Å². The molecule has 0 saturated heterocycles. The normalized spacial score (nSPS) is 11.0. The summed E-state index contributed by atoms with van der Waals surface area (Å²) in [7, 11) is 0. The zero-order chi connectivity index (χ0) is 18.0. The van der Waals surface area contributed by atoms with E-state index in [4.69, 9.17) is 9.15 Å². The van der Waals surface area contributed by atoms with E-state index in [1.165, 1.54) is 11.3 Å². The van der Waals surface area contributed by atoms with Crippen LogP contribution in [0.25, 0.3) is 21.7 Å². The van der Waals surface area contributed by atoms with Crippen molar-refractivity contribution in [2.24, 2.45) is 5.92 Å². The zero-order valence-electron chi connectivity index (χ0n) is 14.3. The first-order valence-electron chi connectivity index (χ1n) is 7.96. The number of rotatable bonds is 6. The van der Waals surface area contributed by atoms with E-state index in [0.29, 0.717) is 23.2 Å². The van der Waals surface area contributed by atoms with E-state index < -0.39 is 5.97 Å². The monoisotopic (exact) mass is 357 g/mol. The SMILES string of the molecule is Cc1nc(-c2ccc(OCC(C)C)c(-c3ccoc3)c2)sc1C(=O)O. The fourth-order valence-electron chi connectivity index (χ4n) is 2.41. The molecule has 130 valence electrons. The number of benzene rings is 1. The van der Waals surface area contributed by atoms with Crippen LogP contribution >= 0.6 is 11.3 Å². The van der Waals surface area contributed by atoms with Crippen LogP contribution in [0.3, 0.4) is 0 Å². The molecule has 0 aliphatic carbocycles. The van der Waals surface area contributed by atoms with Crippen LogP contribution in [0.15, 0.2) is 41.2 Å². The minimum Gasteiger partial charge on any atom is -0.493 e. The molecule has 6 heteroatoms. The van der Waals surface area contributed by atoms with Crippen molar-refractivity contribution < 1.29 is 19.1 Å². The lowest BCUT2D eigenvalue weighted by molar-refractivity contribution is 0.0701. The first-order valence-corrected chi connectivity index (χ1v) is 8.78. The quantitative estimate of drug-likeness (QED) is 0.663. The number of hydrogen-bond donors (Lipinski definition) is 1. The highest BCUT2D eigenvalue weighted by Gasteiger charge is 2.17. The van der Waals surface area contributed by atoms with E-state index in [1.54, 1.807) is 19.5 Å². The maximum atomic E-state index is 11.3. The molecule has 2 heterocycles. The zero-order valence-corrected chi connectivity index (χ0v) is 15.1. The van der Waals surface area contributed by atoms with Gasteiger partial charge in [0.2, 0.25) is 0 Å². The minimum atomic E-state index is -0.951. The van der Waals surface area contributed by atoms with Crippen LogP contribution in [0.4, 0.5) is 0 Å². The van der Waals surface area contributed by atoms with Crippen LogP contribution in [-0.4, -0.2) is 22.7 Å². The molecule has 0 spiro atoms. The van der Waals surface area contributed by atoms with Gasteiger partial charge in [0.15, 0.2) is 0 Å². The van der Waals surface area contributed by atoms with E-state index in [-0.39, 0.29) is 4.88 Å². The fraction of sp³-hybridized carbons (Fsp3) is 0.263. The highest BCUT2D eigenvalue weighted by Crippen LogP contribution is 2.36. The number of carbonyl (C=O) groups is 1. The van der Waals surface area contributed by atoms with Gasteiger partial charge in [-0.3, -0.25) is 0 Å². The second kappa shape index (κ2) is 7.11. The van der Waals surface area contributed by atoms with Crippen molar-refractivity contribution >= 4 is 17.3 Å². The summed E-state index contributed by atoms with van der Waals surface area (Å²) in [6.07, 6.45) is 3.28. The minimum absolute atomic E-state index is 0.264. The summed E-state index contributed by atoms with van der Waals surface area (Å²) < 4.78 is 11.1. The Morgan fingerprint density at radius 2 is 2.12 bits per heavy atom. The number of hydrogen-bond acceptors (Lipinski definition) is 5. The summed E-state index contributed by atoms with van der Waals surface area (Å²) >= 11 is 1.18. The highest BCUT2D eigenvalue weighted by atomic mass is 32.1. The van der Waals surface area contributed by atoms with Crippen molar-refractivity contribution in [2.45, 2.75) is 20.8 Å². The number of aromatic nitrogens is 1. The lowest BCUT2D eigenvalue weighted by Crippen LogP contribution is -2.05. The largest absolute Gasteiger partial charge is 0.493 e. The first kappa shape index (κ1) is 17.2. The average molecular weight is 357 g/mol. The molecular weight excluding hydrogens is 338 g/mol. The molecule has 3 aromatic rings. The molecule has 25 heavy (non-hydrogen) atoms. The third kappa shape index (κ3) is 3.74. The third-order valence-corrected chi connectivity index (χ3v) is 4.82. The van der Waals surface area contributed by atoms with Crippen LogP contribution in [0, 0.1) is 12.8 Å². The fourth-order valence-corrected chi connectivity index (χ4v) is 3.31. The Bertz CT molecular complexity index is 881. The number of aryl methyl sites for hydroxylation is 1. The Morgan fingerprint density at radius 3 is 2.72 bits per heavy atom. The van der Waals surface area contributed by atoms with Crippen molar-refractivity contribution in [2.75, 3.05) is 6.61 Å². The van der Waals surface area contributed by atoms with Gasteiger partial charge in [-0.25, -0.2) is 9.78 Å². The molecule has 0 aliphatic rings. The highest BCUT2D eigenvalue weighted by molar-refractivity contribution is 7.17. The molecule has 1 aromatic carbocycles. The summed E-state index contributed by atoms with van der Waals surface area (Å²) in [6.45, 7) is 6.51. The Kier molecular flexibility index (Phi) is 4.90. The Hall–Kier alpha value is -2.60. The van der Waals surface area contributed by atoms with Gasteiger partial charge in [0.1, 0.15) is 15.6 Å². The Balaban J connectivity index is 2.03. The Morgan fingerprint density at radius 1 is 1.32 bits per heavy atom. The molecule has 0 fully saturated rings. The van der Waals surface area contributed by atoms with Crippen molar-refractivity contribution in [1.29, 1.82) is 0 Å². The Labute approximate surface area is 149 Å². The van der Waals surface area contributed by atoms with Gasteiger partial charge >= 0.3 is 5.97 Å². The van der Waals surface area contributed by atoms with Gasteiger partial charge in [0.05, 0.1) is 24.8 Å². The van der Waals surface area contributed by atoms with Gasteiger partial charge < -0.3 is 14.3 Å². The number of carboxylic acid groups (broad SMARTS) is 1. The maximum Gasteiger partial charge on any atom is 0.347 e. The average Bonchev–Trinajstić information content (AvgIpc) is 3.22. The topological polar surface area (TPSA) is 72.6 Å². The second-order valence-corrected chi connectivity index (χ2v) is 7.17. The van der Waals surface area contributed by atoms with E-state index in [0.717, 1.165) is 22.4 Å². The number of ether oxygens (including phenoxy) is 1. The number of furan rings is 1. The molecular formula is C19H19NO4S. The van der Waals surface area contributed by atoms with Gasteiger partial charge in [0, 0.05) is 16.7 Å². The molecule has 3 rings (SSSR count). The number of thiazole rings is 1. The predicted molar refractivity (Wildman–Crippen MR) is 97.3 cm³/mol. The smallest absolute Gasteiger partial charge is 0.347 e. The molecule has 0 aliphatic heterocycles. The number of carboxylic acids is 1. The van der Waals surface area contributed by atoms with Crippen LogP contribution in [0.1, 0.15) is 29.2 Å². The molecule has 0 bridgehead atoms. The molecule has 0 unspecified atom stereocenters. The van der Waals surface area contributed by atoms with E-state index >= 15 is 0 Å². The maximum absolute atomic E-state index is 11.3. The standard InChI is InChI=1S/C19H19NO4S/c1-11(2)9-24-16-5-4-13(8-15(16)14-6-7-23-10-14)18-20-12(3)17(25-18)19(21)22/h4-8,10-11H,9H2,1-3H3,(H,21,22). The van der Waals surface area contributed by atoms with Crippen LogP contribution in [0.2, 0.25) is 0 Å². The molecule has 0 radical (unpaired) electrons. The summed E-state index contributed by atoms with van der Waals surface area (Å²) in [6, 6.07) is 7.64. The van der Waals surface area contributed by atoms with Gasteiger partial charge in [-0.2, -0.15) is 0 Å². The summed E-state index contributed by atoms with van der Waals surface area (Å²) in [5.74, 6) is 0.232. The van der Waals surface area contributed by atoms with Gasteiger partial charge in [-0.1, -0.05) is 13.8 Å². The number of aromatic carboxylic acids is 1. The van der Waals surface area contributed by atoms with Crippen LogP contribution in [-0.2, 0) is 0 Å². The second-order valence-electron chi connectivity index (χ2n) is 6.17. The summed E-state index contributed by atoms with van der Waals surface area (Å²) in [5, 5.41) is 9.91. The molecule has 0 atom stereocenters. The van der Waals surface area contributed by atoms with Crippen molar-refractivity contribution in [3.63, 3.8) is 0 Å². The number of nitrogens with zero attached hydrogens (tertiary/aromatic N) is 1. The van der Waals surface area contributed by atoms with E-state index in [2.05, 4.69) is 18.8 Å². The van der Waals surface area contributed by atoms with Crippen LogP contribution in [0.5, 0.6) is 5.75 Å². The van der Waals surface area contributed by atoms with E-state index in [1.807, 2.05) is 24.3 Å². The van der Waals surface area contributed by atoms with Crippen LogP contribution < -0.4 is 4.74 Å². The third-order valence-electron chi connectivity index (χ3n) is 3.62. The summed E-state index contributed by atoms with van der Waals surface area (Å²) in [4.78, 5) is 15.9. The first-order chi connectivity index (χ1) is 12.0.